The van der Waals surface area contributed by atoms with Crippen LogP contribution in [0.25, 0.3) is 0 Å². The van der Waals surface area contributed by atoms with Crippen molar-refractivity contribution in [1.29, 1.82) is 0 Å². The second-order valence-electron chi connectivity index (χ2n) is 5.11. The van der Waals surface area contributed by atoms with E-state index < -0.39 is 0 Å². The Morgan fingerprint density at radius 1 is 1.18 bits per heavy atom. The van der Waals surface area contributed by atoms with Crippen LogP contribution in [0.15, 0.2) is 46.0 Å². The van der Waals surface area contributed by atoms with Crippen LogP contribution in [0.5, 0.6) is 0 Å². The molecule has 0 saturated heterocycles. The molecular weight excluding hydrogens is 389 g/mol. The number of rotatable bonds is 5. The van der Waals surface area contributed by atoms with Gasteiger partial charge < -0.3 is 15.1 Å². The van der Waals surface area contributed by atoms with Crippen LogP contribution in [0.2, 0.25) is 0 Å². The van der Waals surface area contributed by atoms with Gasteiger partial charge in [0.1, 0.15) is 5.76 Å². The average Bonchev–Trinajstić information content (AvgIpc) is 2.97. The summed E-state index contributed by atoms with van der Waals surface area (Å²) in [6, 6.07) is 10.4. The molecule has 120 valence electrons. The molecule has 0 fully saturated rings. The van der Waals surface area contributed by atoms with Gasteiger partial charge in [0.05, 0.1) is 6.26 Å². The Balaban J connectivity index is 0.00000242. The molecule has 2 rings (SSSR count). The van der Waals surface area contributed by atoms with Gasteiger partial charge in [-0.3, -0.25) is 4.99 Å². The van der Waals surface area contributed by atoms with Crippen molar-refractivity contribution < 1.29 is 4.42 Å². The lowest BCUT2D eigenvalue weighted by atomic mass is 10.1. The summed E-state index contributed by atoms with van der Waals surface area (Å²) in [5.74, 6) is 1.79. The number of furan rings is 1. The number of halogens is 1. The second-order valence-corrected chi connectivity index (χ2v) is 5.11. The highest BCUT2D eigenvalue weighted by atomic mass is 127. The first-order chi connectivity index (χ1) is 10.2. The SMILES string of the molecule is CN=C(NCCc1ccco1)NCc1ccc(C)cc1C.I. The van der Waals surface area contributed by atoms with Crippen LogP contribution < -0.4 is 10.6 Å². The Hall–Kier alpha value is -1.50. The number of aryl methyl sites for hydroxylation is 2. The number of guanidine groups is 1. The lowest BCUT2D eigenvalue weighted by molar-refractivity contribution is 0.507. The van der Waals surface area contributed by atoms with Crippen LogP contribution >= 0.6 is 24.0 Å². The number of nitrogens with zero attached hydrogens (tertiary/aromatic N) is 1. The lowest BCUT2D eigenvalue weighted by Crippen LogP contribution is -2.37. The maximum absolute atomic E-state index is 5.30. The highest BCUT2D eigenvalue weighted by Gasteiger charge is 2.02. The summed E-state index contributed by atoms with van der Waals surface area (Å²) < 4.78 is 5.30. The Kier molecular flexibility index (Phi) is 8.01. The summed E-state index contributed by atoms with van der Waals surface area (Å²) in [4.78, 5) is 4.23. The van der Waals surface area contributed by atoms with Crippen molar-refractivity contribution in [2.24, 2.45) is 4.99 Å². The van der Waals surface area contributed by atoms with Crippen molar-refractivity contribution in [2.75, 3.05) is 13.6 Å². The third-order valence-corrected chi connectivity index (χ3v) is 3.41. The minimum Gasteiger partial charge on any atom is -0.469 e. The first-order valence-electron chi connectivity index (χ1n) is 7.22. The molecule has 0 saturated carbocycles. The third kappa shape index (κ3) is 5.71. The molecule has 5 heteroatoms. The average molecular weight is 413 g/mol. The molecule has 1 heterocycles. The summed E-state index contributed by atoms with van der Waals surface area (Å²) in [6.45, 7) is 5.81. The smallest absolute Gasteiger partial charge is 0.191 e. The maximum atomic E-state index is 5.30. The zero-order chi connectivity index (χ0) is 15.1. The number of hydrogen-bond acceptors (Lipinski definition) is 2. The van der Waals surface area contributed by atoms with Gasteiger partial charge in [-0.05, 0) is 37.1 Å². The van der Waals surface area contributed by atoms with E-state index in [1.807, 2.05) is 12.1 Å². The van der Waals surface area contributed by atoms with E-state index in [2.05, 4.69) is 47.7 Å². The molecule has 0 atom stereocenters. The van der Waals surface area contributed by atoms with Gasteiger partial charge in [-0.2, -0.15) is 0 Å². The molecule has 2 N–H and O–H groups in total. The van der Waals surface area contributed by atoms with Crippen LogP contribution in [0.4, 0.5) is 0 Å². The summed E-state index contributed by atoms with van der Waals surface area (Å²) in [7, 11) is 1.78. The van der Waals surface area contributed by atoms with Crippen molar-refractivity contribution in [3.05, 3.63) is 59.0 Å². The number of nitrogens with one attached hydrogen (secondary N) is 2. The first kappa shape index (κ1) is 18.5. The first-order valence-corrected chi connectivity index (χ1v) is 7.22. The second kappa shape index (κ2) is 9.50. The molecule has 0 aliphatic rings. The van der Waals surface area contributed by atoms with Gasteiger partial charge in [0.2, 0.25) is 0 Å². The lowest BCUT2D eigenvalue weighted by Gasteiger charge is -2.13. The number of aliphatic imine (C=N–C) groups is 1. The Morgan fingerprint density at radius 3 is 2.64 bits per heavy atom. The van der Waals surface area contributed by atoms with E-state index >= 15 is 0 Å². The Bertz CT molecular complexity index is 594. The molecule has 0 aliphatic heterocycles. The van der Waals surface area contributed by atoms with E-state index in [0.717, 1.165) is 31.2 Å². The third-order valence-electron chi connectivity index (χ3n) is 3.41. The summed E-state index contributed by atoms with van der Waals surface area (Å²) in [6.07, 6.45) is 2.54. The highest BCUT2D eigenvalue weighted by molar-refractivity contribution is 14.0. The van der Waals surface area contributed by atoms with Gasteiger partial charge in [-0.15, -0.1) is 24.0 Å². The summed E-state index contributed by atoms with van der Waals surface area (Å²) >= 11 is 0. The largest absolute Gasteiger partial charge is 0.469 e. The van der Waals surface area contributed by atoms with Gasteiger partial charge in [0.15, 0.2) is 5.96 Å². The molecule has 0 radical (unpaired) electrons. The molecule has 0 amide bonds. The van der Waals surface area contributed by atoms with E-state index in [1.165, 1.54) is 16.7 Å². The standard InChI is InChI=1S/C17H23N3O.HI/c1-13-6-7-15(14(2)11-13)12-20-17(18-3)19-9-8-16-5-4-10-21-16;/h4-7,10-11H,8-9,12H2,1-3H3,(H2,18,19,20);1H. The van der Waals surface area contributed by atoms with Crippen LogP contribution in [0, 0.1) is 13.8 Å². The minimum absolute atomic E-state index is 0. The van der Waals surface area contributed by atoms with Crippen LogP contribution in [-0.2, 0) is 13.0 Å². The highest BCUT2D eigenvalue weighted by Crippen LogP contribution is 2.09. The molecule has 0 aliphatic carbocycles. The zero-order valence-corrected chi connectivity index (χ0v) is 15.7. The molecule has 0 spiro atoms. The van der Waals surface area contributed by atoms with E-state index in [4.69, 9.17) is 4.42 Å². The Morgan fingerprint density at radius 2 is 2.00 bits per heavy atom. The molecule has 22 heavy (non-hydrogen) atoms. The number of hydrogen-bond donors (Lipinski definition) is 2. The molecule has 1 aromatic heterocycles. The van der Waals surface area contributed by atoms with E-state index in [1.54, 1.807) is 13.3 Å². The van der Waals surface area contributed by atoms with Crippen molar-refractivity contribution in [2.45, 2.75) is 26.8 Å². The minimum atomic E-state index is 0. The molecule has 0 unspecified atom stereocenters. The van der Waals surface area contributed by atoms with Crippen molar-refractivity contribution >= 4 is 29.9 Å². The molecule has 1 aromatic carbocycles. The fourth-order valence-electron chi connectivity index (χ4n) is 2.20. The molecule has 2 aromatic rings. The fraction of sp³-hybridized carbons (Fsp3) is 0.353. The van der Waals surface area contributed by atoms with Gasteiger partial charge in [-0.25, -0.2) is 0 Å². The predicted molar refractivity (Wildman–Crippen MR) is 102 cm³/mol. The van der Waals surface area contributed by atoms with E-state index in [0.29, 0.717) is 0 Å². The van der Waals surface area contributed by atoms with Gasteiger partial charge >= 0.3 is 0 Å². The van der Waals surface area contributed by atoms with Crippen molar-refractivity contribution in [1.82, 2.24) is 10.6 Å². The van der Waals surface area contributed by atoms with Crippen molar-refractivity contribution in [3.8, 4) is 0 Å². The molecule has 0 bridgehead atoms. The molecular formula is C17H24IN3O. The number of benzene rings is 1. The van der Waals surface area contributed by atoms with Crippen LogP contribution in [0.1, 0.15) is 22.5 Å². The van der Waals surface area contributed by atoms with Gasteiger partial charge in [0, 0.05) is 26.6 Å². The monoisotopic (exact) mass is 413 g/mol. The maximum Gasteiger partial charge on any atom is 0.191 e. The molecule has 4 nitrogen and oxygen atoms in total. The van der Waals surface area contributed by atoms with Gasteiger partial charge in [-0.1, -0.05) is 23.8 Å². The zero-order valence-electron chi connectivity index (χ0n) is 13.3. The van der Waals surface area contributed by atoms with Crippen molar-refractivity contribution in [3.63, 3.8) is 0 Å². The van der Waals surface area contributed by atoms with Gasteiger partial charge in [0.25, 0.3) is 0 Å². The Labute approximate surface area is 149 Å². The topological polar surface area (TPSA) is 49.6 Å². The fourth-order valence-corrected chi connectivity index (χ4v) is 2.20. The normalized spacial score (nSPS) is 11.0. The van der Waals surface area contributed by atoms with Crippen LogP contribution in [0.3, 0.4) is 0 Å². The van der Waals surface area contributed by atoms with E-state index in [-0.39, 0.29) is 24.0 Å². The quantitative estimate of drug-likeness (QED) is 0.449. The van der Waals surface area contributed by atoms with Crippen LogP contribution in [-0.4, -0.2) is 19.6 Å². The summed E-state index contributed by atoms with van der Waals surface area (Å²) in [5.41, 5.74) is 3.88. The predicted octanol–water partition coefficient (Wildman–Crippen LogP) is 3.42. The van der Waals surface area contributed by atoms with E-state index in [9.17, 15) is 0 Å². The summed E-state index contributed by atoms with van der Waals surface area (Å²) in [5, 5.41) is 6.62.